The van der Waals surface area contributed by atoms with Gasteiger partial charge >= 0.3 is 0 Å². The molecule has 1 unspecified atom stereocenters. The molecule has 1 N–H and O–H groups in total. The maximum Gasteiger partial charge on any atom is 0.244 e. The highest BCUT2D eigenvalue weighted by Crippen LogP contribution is 2.25. The van der Waals surface area contributed by atoms with Gasteiger partial charge in [-0.1, -0.05) is 31.7 Å². The van der Waals surface area contributed by atoms with Gasteiger partial charge in [0.25, 0.3) is 0 Å². The molecule has 1 atom stereocenters. The first-order chi connectivity index (χ1) is 14.7. The third-order valence-electron chi connectivity index (χ3n) is 4.78. The van der Waals surface area contributed by atoms with Crippen molar-refractivity contribution >= 4 is 39.0 Å². The molecule has 0 spiro atoms. The second-order valence-electron chi connectivity index (χ2n) is 6.88. The van der Waals surface area contributed by atoms with Gasteiger partial charge in [-0.3, -0.25) is 9.20 Å². The van der Waals surface area contributed by atoms with Gasteiger partial charge in [0.05, 0.1) is 10.1 Å². The van der Waals surface area contributed by atoms with Gasteiger partial charge in [0.1, 0.15) is 5.82 Å². The second-order valence-corrected chi connectivity index (χ2v) is 10.1. The monoisotopic (exact) mass is 465 g/mol. The van der Waals surface area contributed by atoms with Gasteiger partial charge in [0.2, 0.25) is 15.9 Å². The van der Waals surface area contributed by atoms with Crippen LogP contribution >= 0.6 is 11.8 Å². The fourth-order valence-corrected chi connectivity index (χ4v) is 5.21. The van der Waals surface area contributed by atoms with E-state index >= 15 is 0 Å². The van der Waals surface area contributed by atoms with E-state index < -0.39 is 21.1 Å². The molecule has 2 heterocycles. The number of halogens is 1. The van der Waals surface area contributed by atoms with Gasteiger partial charge in [-0.15, -0.1) is 10.2 Å². The minimum Gasteiger partial charge on any atom is -0.325 e. The van der Waals surface area contributed by atoms with Crippen LogP contribution in [0.25, 0.3) is 5.65 Å². The molecule has 3 rings (SSSR count). The van der Waals surface area contributed by atoms with Crippen LogP contribution in [0.15, 0.2) is 46.6 Å². The number of aryl methyl sites for hydroxylation is 1. The first kappa shape index (κ1) is 23.2. The smallest absolute Gasteiger partial charge is 0.244 e. The first-order valence-corrected chi connectivity index (χ1v) is 12.1. The summed E-state index contributed by atoms with van der Waals surface area (Å²) in [6, 6.07) is 7.56. The van der Waals surface area contributed by atoms with Gasteiger partial charge < -0.3 is 5.32 Å². The molecule has 0 bridgehead atoms. The number of rotatable bonds is 8. The summed E-state index contributed by atoms with van der Waals surface area (Å²) >= 11 is 1.13. The number of pyridine rings is 1. The number of carbonyl (C=O) groups is 1. The molecule has 8 nitrogen and oxygen atoms in total. The lowest BCUT2D eigenvalue weighted by Crippen LogP contribution is -2.30. The third kappa shape index (κ3) is 4.89. The van der Waals surface area contributed by atoms with E-state index in [1.165, 1.54) is 22.6 Å². The molecule has 0 aliphatic heterocycles. The Labute approximate surface area is 184 Å². The molecule has 2 aromatic heterocycles. The summed E-state index contributed by atoms with van der Waals surface area (Å²) in [6.45, 7) is 7.60. The van der Waals surface area contributed by atoms with Crippen molar-refractivity contribution in [3.63, 3.8) is 0 Å². The lowest BCUT2D eigenvalue weighted by Gasteiger charge is -2.18. The highest BCUT2D eigenvalue weighted by molar-refractivity contribution is 8.00. The Morgan fingerprint density at radius 1 is 1.23 bits per heavy atom. The maximum atomic E-state index is 13.7. The highest BCUT2D eigenvalue weighted by atomic mass is 32.2. The van der Waals surface area contributed by atoms with Crippen LogP contribution in [0.5, 0.6) is 0 Å². The SMILES string of the molecule is CCN(CC)S(=O)(=O)c1ccc2nnc(SC(C)C(=O)Nc3ccc(C)c(F)c3)n2c1. The number of hydrogen-bond acceptors (Lipinski definition) is 6. The highest BCUT2D eigenvalue weighted by Gasteiger charge is 2.24. The number of aromatic nitrogens is 3. The Kier molecular flexibility index (Phi) is 6.97. The van der Waals surface area contributed by atoms with Gasteiger partial charge in [0.15, 0.2) is 10.8 Å². The molecule has 11 heteroatoms. The first-order valence-electron chi connectivity index (χ1n) is 9.76. The summed E-state index contributed by atoms with van der Waals surface area (Å²) in [6.07, 6.45) is 1.46. The van der Waals surface area contributed by atoms with Crippen LogP contribution < -0.4 is 5.32 Å². The predicted octanol–water partition coefficient (Wildman–Crippen LogP) is 3.33. The van der Waals surface area contributed by atoms with E-state index in [0.29, 0.717) is 35.1 Å². The molecule has 0 radical (unpaired) electrons. The van der Waals surface area contributed by atoms with Gasteiger partial charge in [-0.2, -0.15) is 4.31 Å². The lowest BCUT2D eigenvalue weighted by atomic mass is 10.2. The van der Waals surface area contributed by atoms with E-state index in [4.69, 9.17) is 0 Å². The zero-order valence-corrected chi connectivity index (χ0v) is 19.3. The molecule has 0 aliphatic rings. The molecule has 0 saturated carbocycles. The maximum absolute atomic E-state index is 13.7. The van der Waals surface area contributed by atoms with E-state index in [-0.39, 0.29) is 10.8 Å². The van der Waals surface area contributed by atoms with E-state index in [0.717, 1.165) is 11.8 Å². The van der Waals surface area contributed by atoms with Crippen LogP contribution in [-0.2, 0) is 14.8 Å². The summed E-state index contributed by atoms with van der Waals surface area (Å²) in [4.78, 5) is 12.7. The number of benzene rings is 1. The number of hydrogen-bond donors (Lipinski definition) is 1. The number of amides is 1. The van der Waals surface area contributed by atoms with E-state index in [1.54, 1.807) is 50.3 Å². The minimum absolute atomic E-state index is 0.123. The Morgan fingerprint density at radius 3 is 2.58 bits per heavy atom. The molecular formula is C20H24FN5O3S2. The number of nitrogens with one attached hydrogen (secondary N) is 1. The van der Waals surface area contributed by atoms with Crippen LogP contribution in [0.4, 0.5) is 10.1 Å². The van der Waals surface area contributed by atoms with Crippen LogP contribution in [0, 0.1) is 12.7 Å². The topological polar surface area (TPSA) is 96.7 Å². The summed E-state index contributed by atoms with van der Waals surface area (Å²) < 4.78 is 42.3. The third-order valence-corrected chi connectivity index (χ3v) is 7.87. The normalized spacial score (nSPS) is 13.0. The quantitative estimate of drug-likeness (QED) is 0.513. The molecule has 1 aromatic carbocycles. The average molecular weight is 466 g/mol. The Balaban J connectivity index is 1.82. The van der Waals surface area contributed by atoms with Gasteiger partial charge in [-0.25, -0.2) is 12.8 Å². The number of carbonyl (C=O) groups excluding carboxylic acids is 1. The number of thioether (sulfide) groups is 1. The van der Waals surface area contributed by atoms with Crippen LogP contribution in [0.3, 0.4) is 0 Å². The largest absolute Gasteiger partial charge is 0.325 e. The van der Waals surface area contributed by atoms with Crippen molar-refractivity contribution in [1.29, 1.82) is 0 Å². The number of nitrogens with zero attached hydrogens (tertiary/aromatic N) is 4. The number of anilines is 1. The van der Waals surface area contributed by atoms with Crippen molar-refractivity contribution in [3.05, 3.63) is 47.9 Å². The molecule has 166 valence electrons. The second kappa shape index (κ2) is 9.33. The molecular weight excluding hydrogens is 441 g/mol. The summed E-state index contributed by atoms with van der Waals surface area (Å²) in [5.74, 6) is -0.736. The molecule has 0 fully saturated rings. The molecule has 0 saturated heterocycles. The van der Waals surface area contributed by atoms with Crippen molar-refractivity contribution < 1.29 is 17.6 Å². The molecule has 0 aliphatic carbocycles. The Hall–Kier alpha value is -2.50. The van der Waals surface area contributed by atoms with Crippen molar-refractivity contribution in [1.82, 2.24) is 18.9 Å². The predicted molar refractivity (Wildman–Crippen MR) is 118 cm³/mol. The van der Waals surface area contributed by atoms with Crippen LogP contribution in [-0.4, -0.2) is 51.6 Å². The zero-order valence-electron chi connectivity index (χ0n) is 17.7. The Morgan fingerprint density at radius 2 is 1.94 bits per heavy atom. The minimum atomic E-state index is -3.65. The Bertz CT molecular complexity index is 1210. The van der Waals surface area contributed by atoms with E-state index in [1.807, 2.05) is 0 Å². The molecule has 31 heavy (non-hydrogen) atoms. The fraction of sp³-hybridized carbons (Fsp3) is 0.350. The number of sulfonamides is 1. The fourth-order valence-electron chi connectivity index (χ4n) is 2.92. The molecule has 1 amide bonds. The van der Waals surface area contributed by atoms with Crippen molar-refractivity contribution in [3.8, 4) is 0 Å². The lowest BCUT2D eigenvalue weighted by molar-refractivity contribution is -0.115. The van der Waals surface area contributed by atoms with Crippen molar-refractivity contribution in [2.75, 3.05) is 18.4 Å². The van der Waals surface area contributed by atoms with Crippen LogP contribution in [0.2, 0.25) is 0 Å². The van der Waals surface area contributed by atoms with Gasteiger partial charge in [0, 0.05) is 25.0 Å². The van der Waals surface area contributed by atoms with E-state index in [9.17, 15) is 17.6 Å². The van der Waals surface area contributed by atoms with Crippen LogP contribution in [0.1, 0.15) is 26.3 Å². The summed E-state index contributed by atoms with van der Waals surface area (Å²) in [5, 5.41) is 10.6. The summed E-state index contributed by atoms with van der Waals surface area (Å²) in [7, 11) is -3.65. The average Bonchev–Trinajstić information content (AvgIpc) is 3.13. The van der Waals surface area contributed by atoms with Crippen molar-refractivity contribution in [2.45, 2.75) is 43.0 Å². The van der Waals surface area contributed by atoms with Gasteiger partial charge in [-0.05, 0) is 43.7 Å². The molecule has 3 aromatic rings. The summed E-state index contributed by atoms with van der Waals surface area (Å²) in [5.41, 5.74) is 1.32. The standard InChI is InChI=1S/C20H24FN5O3S2/c1-5-25(6-2)31(28,29)16-9-10-18-23-24-20(26(18)12-16)30-14(4)19(27)22-15-8-7-13(3)17(21)11-15/h7-12,14H,5-6H2,1-4H3,(H,22,27). The number of fused-ring (bicyclic) bond motifs is 1. The van der Waals surface area contributed by atoms with E-state index in [2.05, 4.69) is 15.5 Å². The van der Waals surface area contributed by atoms with Crippen molar-refractivity contribution in [2.24, 2.45) is 0 Å². The zero-order chi connectivity index (χ0) is 22.8.